The predicted octanol–water partition coefficient (Wildman–Crippen LogP) is 14.8. The Labute approximate surface area is 360 Å². The van der Waals surface area contributed by atoms with Crippen LogP contribution in [0.15, 0.2) is 237 Å². The Bertz CT molecular complexity index is 3150. The molecule has 0 bridgehead atoms. The lowest BCUT2D eigenvalue weighted by molar-refractivity contribution is 1.08. The normalized spacial score (nSPS) is 11.2. The second-order valence-corrected chi connectivity index (χ2v) is 15.3. The van der Waals surface area contributed by atoms with E-state index in [1.165, 1.54) is 11.1 Å². The summed E-state index contributed by atoms with van der Waals surface area (Å²) < 4.78 is 2.37. The molecule has 0 unspecified atom stereocenters. The molecule has 0 fully saturated rings. The highest BCUT2D eigenvalue weighted by molar-refractivity contribution is 6.16. The van der Waals surface area contributed by atoms with Crippen LogP contribution in [-0.2, 0) is 0 Å². The fraction of sp³-hybridized carbons (Fsp3) is 0. The Morgan fingerprint density at radius 2 is 0.710 bits per heavy atom. The zero-order valence-electron chi connectivity index (χ0n) is 33.8. The van der Waals surface area contributed by atoms with Crippen LogP contribution < -0.4 is 4.90 Å². The van der Waals surface area contributed by atoms with Crippen molar-refractivity contribution >= 4 is 38.9 Å². The number of fused-ring (bicyclic) bond motifs is 3. The first-order valence-electron chi connectivity index (χ1n) is 20.9. The Balaban J connectivity index is 1.21. The summed E-state index contributed by atoms with van der Waals surface area (Å²) in [4.78, 5) is 18.1. The van der Waals surface area contributed by atoms with Gasteiger partial charge in [0.2, 0.25) is 0 Å². The van der Waals surface area contributed by atoms with E-state index in [0.29, 0.717) is 17.5 Å². The highest BCUT2D eigenvalue weighted by atomic mass is 15.1. The Hall–Kier alpha value is -8.41. The van der Waals surface area contributed by atoms with Gasteiger partial charge in [-0.2, -0.15) is 0 Å². The SMILES string of the molecule is c1ccc(-c2ccc(N(c3ccc(-c4ccccc4)cc3)c3cc(-c4nc(-c5ccccc5)nc(-c5ccccc5)n4)c4c5ccccc5n(-c5ccccc5)c4c3)cc2)cc1. The molecule has 0 saturated carbocycles. The summed E-state index contributed by atoms with van der Waals surface area (Å²) in [6.45, 7) is 0. The van der Waals surface area contributed by atoms with Crippen molar-refractivity contribution in [2.24, 2.45) is 0 Å². The van der Waals surface area contributed by atoms with Crippen LogP contribution in [0.1, 0.15) is 0 Å². The Morgan fingerprint density at radius 3 is 1.21 bits per heavy atom. The summed E-state index contributed by atoms with van der Waals surface area (Å²) in [5.74, 6) is 1.83. The van der Waals surface area contributed by atoms with Gasteiger partial charge in [-0.15, -0.1) is 0 Å². The lowest BCUT2D eigenvalue weighted by Crippen LogP contribution is -2.11. The predicted molar refractivity (Wildman–Crippen MR) is 256 cm³/mol. The summed E-state index contributed by atoms with van der Waals surface area (Å²) in [6.07, 6.45) is 0. The van der Waals surface area contributed by atoms with Crippen molar-refractivity contribution in [1.29, 1.82) is 0 Å². The zero-order chi connectivity index (χ0) is 41.2. The highest BCUT2D eigenvalue weighted by Gasteiger charge is 2.24. The van der Waals surface area contributed by atoms with Crippen molar-refractivity contribution in [2.75, 3.05) is 4.90 Å². The number of benzene rings is 9. The van der Waals surface area contributed by atoms with Gasteiger partial charge in [0.25, 0.3) is 0 Å². The first-order chi connectivity index (χ1) is 30.7. The Morgan fingerprint density at radius 1 is 0.306 bits per heavy atom. The number of aromatic nitrogens is 4. The van der Waals surface area contributed by atoms with E-state index in [4.69, 9.17) is 15.0 Å². The molecular formula is C57H39N5. The average molecular weight is 794 g/mol. The number of hydrogen-bond acceptors (Lipinski definition) is 4. The molecule has 11 rings (SSSR count). The van der Waals surface area contributed by atoms with Crippen molar-refractivity contribution in [1.82, 2.24) is 19.5 Å². The van der Waals surface area contributed by atoms with Crippen LogP contribution in [0.2, 0.25) is 0 Å². The maximum Gasteiger partial charge on any atom is 0.164 e. The van der Waals surface area contributed by atoms with E-state index < -0.39 is 0 Å². The minimum Gasteiger partial charge on any atom is -0.310 e. The van der Waals surface area contributed by atoms with E-state index in [0.717, 1.165) is 72.4 Å². The molecule has 0 aliphatic carbocycles. The van der Waals surface area contributed by atoms with E-state index >= 15 is 0 Å². The molecule has 11 aromatic rings. The summed E-state index contributed by atoms with van der Waals surface area (Å²) in [7, 11) is 0. The number of hydrogen-bond donors (Lipinski definition) is 0. The van der Waals surface area contributed by atoms with Crippen LogP contribution in [0.25, 0.3) is 83.9 Å². The van der Waals surface area contributed by atoms with E-state index in [1.807, 2.05) is 36.4 Å². The fourth-order valence-electron chi connectivity index (χ4n) is 8.49. The molecule has 5 nitrogen and oxygen atoms in total. The zero-order valence-corrected chi connectivity index (χ0v) is 33.8. The molecule has 0 amide bonds. The molecule has 62 heavy (non-hydrogen) atoms. The lowest BCUT2D eigenvalue weighted by Gasteiger charge is -2.27. The smallest absolute Gasteiger partial charge is 0.164 e. The van der Waals surface area contributed by atoms with Gasteiger partial charge in [-0.05, 0) is 76.9 Å². The largest absolute Gasteiger partial charge is 0.310 e. The van der Waals surface area contributed by atoms with Gasteiger partial charge < -0.3 is 9.47 Å². The first kappa shape index (κ1) is 36.7. The number of nitrogens with zero attached hydrogens (tertiary/aromatic N) is 5. The minimum atomic E-state index is 0.597. The molecule has 0 N–H and O–H groups in total. The van der Waals surface area contributed by atoms with Crippen LogP contribution in [0, 0.1) is 0 Å². The van der Waals surface area contributed by atoms with Crippen molar-refractivity contribution < 1.29 is 0 Å². The maximum atomic E-state index is 5.32. The van der Waals surface area contributed by atoms with E-state index in [9.17, 15) is 0 Å². The van der Waals surface area contributed by atoms with Crippen LogP contribution in [0.3, 0.4) is 0 Å². The van der Waals surface area contributed by atoms with Crippen LogP contribution in [0.5, 0.6) is 0 Å². The van der Waals surface area contributed by atoms with Gasteiger partial charge in [-0.3, -0.25) is 0 Å². The lowest BCUT2D eigenvalue weighted by atomic mass is 10.0. The van der Waals surface area contributed by atoms with E-state index in [1.54, 1.807) is 0 Å². The molecule has 0 spiro atoms. The van der Waals surface area contributed by atoms with Crippen molar-refractivity contribution in [3.63, 3.8) is 0 Å². The molecule has 292 valence electrons. The van der Waals surface area contributed by atoms with Gasteiger partial charge in [0, 0.05) is 50.2 Å². The standard InChI is InChI=1S/C57H39N5/c1-6-18-40(19-7-1)42-30-34-47(35-31-42)61(48-36-32-43(33-37-48)41-20-8-2-9-21-41)49-38-51(54-50-28-16-17-29-52(50)62(53(54)39-49)46-26-14-5-15-27-46)57-59-55(44-22-10-3-11-23-44)58-56(60-57)45-24-12-4-13-25-45/h1-39H. The molecule has 0 aliphatic heterocycles. The summed E-state index contributed by atoms with van der Waals surface area (Å²) in [6, 6.07) is 82.9. The molecule has 2 aromatic heterocycles. The number of para-hydroxylation sites is 2. The topological polar surface area (TPSA) is 46.8 Å². The number of rotatable bonds is 9. The van der Waals surface area contributed by atoms with Crippen molar-refractivity contribution in [2.45, 2.75) is 0 Å². The van der Waals surface area contributed by atoms with E-state index in [-0.39, 0.29) is 0 Å². The van der Waals surface area contributed by atoms with Gasteiger partial charge >= 0.3 is 0 Å². The summed E-state index contributed by atoms with van der Waals surface area (Å²) >= 11 is 0. The Kier molecular flexibility index (Phi) is 9.45. The molecule has 0 atom stereocenters. The van der Waals surface area contributed by atoms with Gasteiger partial charge in [-0.25, -0.2) is 15.0 Å². The second-order valence-electron chi connectivity index (χ2n) is 15.3. The van der Waals surface area contributed by atoms with Gasteiger partial charge in [0.05, 0.1) is 11.0 Å². The third kappa shape index (κ3) is 6.87. The fourth-order valence-corrected chi connectivity index (χ4v) is 8.49. The average Bonchev–Trinajstić information content (AvgIpc) is 3.70. The highest BCUT2D eigenvalue weighted by Crippen LogP contribution is 2.45. The van der Waals surface area contributed by atoms with E-state index in [2.05, 4.69) is 210 Å². The monoisotopic (exact) mass is 793 g/mol. The van der Waals surface area contributed by atoms with Crippen molar-refractivity contribution in [3.05, 3.63) is 237 Å². The minimum absolute atomic E-state index is 0.597. The van der Waals surface area contributed by atoms with Gasteiger partial charge in [0.15, 0.2) is 17.5 Å². The third-order valence-corrected chi connectivity index (χ3v) is 11.4. The summed E-state index contributed by atoms with van der Waals surface area (Å²) in [5.41, 5.74) is 13.6. The first-order valence-corrected chi connectivity index (χ1v) is 20.9. The molecular weight excluding hydrogens is 755 g/mol. The van der Waals surface area contributed by atoms with Gasteiger partial charge in [0.1, 0.15) is 0 Å². The molecule has 0 saturated heterocycles. The number of anilines is 3. The summed E-state index contributed by atoms with van der Waals surface area (Å²) in [5, 5.41) is 2.18. The van der Waals surface area contributed by atoms with Crippen LogP contribution in [-0.4, -0.2) is 19.5 Å². The second kappa shape index (κ2) is 16.0. The molecule has 2 heterocycles. The molecule has 0 aliphatic rings. The van der Waals surface area contributed by atoms with Crippen LogP contribution in [0.4, 0.5) is 17.1 Å². The molecule has 9 aromatic carbocycles. The van der Waals surface area contributed by atoms with Gasteiger partial charge in [-0.1, -0.05) is 182 Å². The molecule has 5 heteroatoms. The van der Waals surface area contributed by atoms with Crippen LogP contribution >= 0.6 is 0 Å². The van der Waals surface area contributed by atoms with Crippen molar-refractivity contribution in [3.8, 4) is 62.1 Å². The third-order valence-electron chi connectivity index (χ3n) is 11.4. The maximum absolute atomic E-state index is 5.32. The molecule has 0 radical (unpaired) electrons. The quantitative estimate of drug-likeness (QED) is 0.146.